The van der Waals surface area contributed by atoms with E-state index in [9.17, 15) is 13.2 Å². The Hall–Kier alpha value is -1.44. The minimum Gasteiger partial charge on any atom is -0.294 e. The van der Waals surface area contributed by atoms with Gasteiger partial charge in [-0.05, 0) is 24.6 Å². The first-order chi connectivity index (χ1) is 9.41. The standard InChI is InChI=1S/C13H19N3O3S/c1-10-9-20(18,19)7-6-16(10)8-11-2-4-12(5-3-11)13(17)15-14/h2-5,10H,6-9,14H2,1H3,(H,15,17). The van der Waals surface area contributed by atoms with Crippen molar-refractivity contribution in [3.05, 3.63) is 35.4 Å². The summed E-state index contributed by atoms with van der Waals surface area (Å²) in [6.07, 6.45) is 0. The first-order valence-electron chi connectivity index (χ1n) is 6.45. The highest BCUT2D eigenvalue weighted by molar-refractivity contribution is 7.91. The average Bonchev–Trinajstić information content (AvgIpc) is 2.41. The number of amides is 1. The number of nitrogen functional groups attached to an aromatic ring is 1. The van der Waals surface area contributed by atoms with Crippen LogP contribution in [0.25, 0.3) is 0 Å². The van der Waals surface area contributed by atoms with E-state index < -0.39 is 9.84 Å². The third-order valence-electron chi connectivity index (χ3n) is 3.54. The Morgan fingerprint density at radius 2 is 2.05 bits per heavy atom. The van der Waals surface area contributed by atoms with Crippen molar-refractivity contribution in [2.75, 3.05) is 18.1 Å². The predicted octanol–water partition coefficient (Wildman–Crippen LogP) is -0.0910. The smallest absolute Gasteiger partial charge is 0.265 e. The van der Waals surface area contributed by atoms with Gasteiger partial charge in [0.2, 0.25) is 0 Å². The summed E-state index contributed by atoms with van der Waals surface area (Å²) in [6, 6.07) is 7.16. The van der Waals surface area contributed by atoms with Crippen LogP contribution < -0.4 is 11.3 Å². The molecule has 20 heavy (non-hydrogen) atoms. The van der Waals surface area contributed by atoms with Gasteiger partial charge in [-0.2, -0.15) is 0 Å². The number of carbonyl (C=O) groups is 1. The Morgan fingerprint density at radius 3 is 2.60 bits per heavy atom. The molecule has 0 aromatic heterocycles. The quantitative estimate of drug-likeness (QED) is 0.462. The first-order valence-corrected chi connectivity index (χ1v) is 8.28. The summed E-state index contributed by atoms with van der Waals surface area (Å²) in [7, 11) is -2.89. The largest absolute Gasteiger partial charge is 0.294 e. The van der Waals surface area contributed by atoms with E-state index in [1.54, 1.807) is 12.1 Å². The number of hydrogen-bond acceptors (Lipinski definition) is 5. The van der Waals surface area contributed by atoms with Crippen LogP contribution in [0.2, 0.25) is 0 Å². The van der Waals surface area contributed by atoms with Crippen molar-refractivity contribution < 1.29 is 13.2 Å². The van der Waals surface area contributed by atoms with Crippen molar-refractivity contribution >= 4 is 15.7 Å². The van der Waals surface area contributed by atoms with Gasteiger partial charge in [0, 0.05) is 24.7 Å². The summed E-state index contributed by atoms with van der Waals surface area (Å²) in [4.78, 5) is 13.5. The molecular weight excluding hydrogens is 278 g/mol. The van der Waals surface area contributed by atoms with Gasteiger partial charge in [0.15, 0.2) is 9.84 Å². The molecule has 0 spiro atoms. The second-order valence-corrected chi connectivity index (χ2v) is 7.33. The Kier molecular flexibility index (Phi) is 4.42. The molecule has 1 unspecified atom stereocenters. The summed E-state index contributed by atoms with van der Waals surface area (Å²) in [6.45, 7) is 3.16. The Morgan fingerprint density at radius 1 is 1.40 bits per heavy atom. The maximum Gasteiger partial charge on any atom is 0.265 e. The number of carbonyl (C=O) groups excluding carboxylic acids is 1. The molecule has 1 aromatic rings. The van der Waals surface area contributed by atoms with Crippen LogP contribution >= 0.6 is 0 Å². The van der Waals surface area contributed by atoms with Crippen molar-refractivity contribution in [3.63, 3.8) is 0 Å². The highest BCUT2D eigenvalue weighted by Crippen LogP contribution is 2.15. The topological polar surface area (TPSA) is 92.5 Å². The molecule has 6 nitrogen and oxygen atoms in total. The molecule has 110 valence electrons. The fourth-order valence-corrected chi connectivity index (χ4v) is 3.97. The number of hydrogen-bond donors (Lipinski definition) is 2. The van der Waals surface area contributed by atoms with Crippen LogP contribution in [0.4, 0.5) is 0 Å². The summed E-state index contributed by atoms with van der Waals surface area (Å²) in [5, 5.41) is 0. The third-order valence-corrected chi connectivity index (χ3v) is 5.34. The maximum absolute atomic E-state index is 11.5. The molecular formula is C13H19N3O3S. The Balaban J connectivity index is 2.02. The van der Waals surface area contributed by atoms with Crippen LogP contribution in [0.5, 0.6) is 0 Å². The number of benzene rings is 1. The van der Waals surface area contributed by atoms with Crippen LogP contribution in [-0.4, -0.2) is 43.3 Å². The molecule has 7 heteroatoms. The van der Waals surface area contributed by atoms with Crippen molar-refractivity contribution in [2.45, 2.75) is 19.5 Å². The lowest BCUT2D eigenvalue weighted by molar-refractivity contribution is 0.0953. The van der Waals surface area contributed by atoms with Crippen LogP contribution in [0.1, 0.15) is 22.8 Å². The monoisotopic (exact) mass is 297 g/mol. The predicted molar refractivity (Wildman–Crippen MR) is 76.6 cm³/mol. The van der Waals surface area contributed by atoms with E-state index in [1.165, 1.54) is 0 Å². The zero-order chi connectivity index (χ0) is 14.8. The van der Waals surface area contributed by atoms with E-state index in [4.69, 9.17) is 5.84 Å². The fourth-order valence-electron chi connectivity index (χ4n) is 2.35. The molecule has 1 heterocycles. The molecule has 1 aliphatic heterocycles. The summed E-state index contributed by atoms with van der Waals surface area (Å²) in [5.74, 6) is 5.17. The average molecular weight is 297 g/mol. The molecule has 0 aliphatic carbocycles. The van der Waals surface area contributed by atoms with E-state index in [0.717, 1.165) is 5.56 Å². The van der Waals surface area contributed by atoms with Crippen molar-refractivity contribution in [3.8, 4) is 0 Å². The number of rotatable bonds is 3. The SMILES string of the molecule is CC1CS(=O)(=O)CCN1Cc1ccc(C(=O)NN)cc1. The van der Waals surface area contributed by atoms with E-state index in [1.807, 2.05) is 19.1 Å². The van der Waals surface area contributed by atoms with E-state index in [0.29, 0.717) is 18.7 Å². The zero-order valence-electron chi connectivity index (χ0n) is 11.4. The molecule has 1 atom stereocenters. The first kappa shape index (κ1) is 15.0. The van der Waals surface area contributed by atoms with Gasteiger partial charge in [0.25, 0.3) is 5.91 Å². The fraction of sp³-hybridized carbons (Fsp3) is 0.462. The highest BCUT2D eigenvalue weighted by Gasteiger charge is 2.27. The third kappa shape index (κ3) is 3.56. The minimum atomic E-state index is -2.89. The molecule has 2 rings (SSSR count). The lowest BCUT2D eigenvalue weighted by Gasteiger charge is -2.33. The molecule has 0 saturated carbocycles. The van der Waals surface area contributed by atoms with Gasteiger partial charge in [-0.3, -0.25) is 15.1 Å². The van der Waals surface area contributed by atoms with E-state index >= 15 is 0 Å². The zero-order valence-corrected chi connectivity index (χ0v) is 12.2. The van der Waals surface area contributed by atoms with Gasteiger partial charge in [0.05, 0.1) is 11.5 Å². The molecule has 0 bridgehead atoms. The van der Waals surface area contributed by atoms with Gasteiger partial charge in [-0.1, -0.05) is 12.1 Å². The minimum absolute atomic E-state index is 0.0146. The Bertz CT molecular complexity index is 583. The summed E-state index contributed by atoms with van der Waals surface area (Å²) >= 11 is 0. The lowest BCUT2D eigenvalue weighted by atomic mass is 10.1. The van der Waals surface area contributed by atoms with Crippen molar-refractivity contribution in [1.29, 1.82) is 0 Å². The molecule has 1 amide bonds. The highest BCUT2D eigenvalue weighted by atomic mass is 32.2. The van der Waals surface area contributed by atoms with Crippen LogP contribution in [0.15, 0.2) is 24.3 Å². The maximum atomic E-state index is 11.5. The van der Waals surface area contributed by atoms with Gasteiger partial charge < -0.3 is 0 Å². The summed E-state index contributed by atoms with van der Waals surface area (Å²) < 4.78 is 23.1. The molecule has 1 aliphatic rings. The number of sulfone groups is 1. The van der Waals surface area contributed by atoms with Crippen LogP contribution in [0.3, 0.4) is 0 Å². The second-order valence-electron chi connectivity index (χ2n) is 5.10. The van der Waals surface area contributed by atoms with E-state index in [-0.39, 0.29) is 23.5 Å². The van der Waals surface area contributed by atoms with Gasteiger partial charge >= 0.3 is 0 Å². The normalized spacial score (nSPS) is 22.4. The number of nitrogens with zero attached hydrogens (tertiary/aromatic N) is 1. The van der Waals surface area contributed by atoms with Crippen molar-refractivity contribution in [1.82, 2.24) is 10.3 Å². The number of nitrogens with two attached hydrogens (primary N) is 1. The summed E-state index contributed by atoms with van der Waals surface area (Å²) in [5.41, 5.74) is 3.63. The van der Waals surface area contributed by atoms with Gasteiger partial charge in [-0.25, -0.2) is 14.3 Å². The molecule has 3 N–H and O–H groups in total. The Labute approximate surface area is 118 Å². The van der Waals surface area contributed by atoms with Crippen LogP contribution in [0, 0.1) is 0 Å². The van der Waals surface area contributed by atoms with Crippen molar-refractivity contribution in [2.24, 2.45) is 5.84 Å². The molecule has 0 radical (unpaired) electrons. The molecule has 1 saturated heterocycles. The second kappa shape index (κ2) is 5.90. The molecule has 1 fully saturated rings. The van der Waals surface area contributed by atoms with Gasteiger partial charge in [0.1, 0.15) is 0 Å². The number of nitrogens with one attached hydrogen (secondary N) is 1. The lowest BCUT2D eigenvalue weighted by Crippen LogP contribution is -2.46. The van der Waals surface area contributed by atoms with E-state index in [2.05, 4.69) is 10.3 Å². The molecule has 1 aromatic carbocycles. The van der Waals surface area contributed by atoms with Crippen LogP contribution in [-0.2, 0) is 16.4 Å². The number of hydrazine groups is 1. The van der Waals surface area contributed by atoms with Gasteiger partial charge in [-0.15, -0.1) is 0 Å².